The Balaban J connectivity index is 2.21. The highest BCUT2D eigenvalue weighted by atomic mass is 16.8. The van der Waals surface area contributed by atoms with Crippen molar-refractivity contribution in [2.45, 2.75) is 37.4 Å². The molecule has 4 atom stereocenters. The second-order valence-electron chi connectivity index (χ2n) is 3.98. The highest BCUT2D eigenvalue weighted by Gasteiger charge is 2.44. The molecule has 0 aromatic heterocycles. The van der Waals surface area contributed by atoms with Crippen LogP contribution in [0, 0.1) is 0 Å². The summed E-state index contributed by atoms with van der Waals surface area (Å²) < 4.78 is 4.79. The molecule has 3 unspecified atom stereocenters. The van der Waals surface area contributed by atoms with E-state index in [-0.39, 0.29) is 6.54 Å². The normalized spacial score (nSPS) is 39.7. The number of hydrogen-bond donors (Lipinski definition) is 3. The van der Waals surface area contributed by atoms with Gasteiger partial charge in [-0.3, -0.25) is 0 Å². The lowest BCUT2D eigenvalue weighted by Crippen LogP contribution is -2.57. The Bertz CT molecular complexity index is 333. The number of aliphatic hydroxyl groups excluding tert-OH is 3. The first-order valence-electron chi connectivity index (χ1n) is 5.24. The van der Waals surface area contributed by atoms with Gasteiger partial charge in [-0.15, -0.1) is 0 Å². The molecule has 2 rings (SSSR count). The van der Waals surface area contributed by atoms with Crippen LogP contribution in [0.15, 0.2) is 0 Å². The number of ether oxygens (including phenoxy) is 1. The Hall–Kier alpha value is -1.22. The van der Waals surface area contributed by atoms with Crippen molar-refractivity contribution in [1.82, 2.24) is 5.06 Å². The number of esters is 1. The third kappa shape index (κ3) is 2.25. The van der Waals surface area contributed by atoms with Gasteiger partial charge in [0.2, 0.25) is 6.23 Å². The third-order valence-electron chi connectivity index (χ3n) is 2.72. The van der Waals surface area contributed by atoms with Crippen molar-refractivity contribution < 1.29 is 34.5 Å². The van der Waals surface area contributed by atoms with Gasteiger partial charge in [0.1, 0.15) is 6.10 Å². The number of carbonyl (C=O) groups is 2. The van der Waals surface area contributed by atoms with Crippen molar-refractivity contribution >= 4 is 11.9 Å². The molecular formula is C9H13NO7. The first-order chi connectivity index (χ1) is 8.00. The van der Waals surface area contributed by atoms with Gasteiger partial charge in [0.15, 0.2) is 12.2 Å². The molecule has 8 heteroatoms. The zero-order valence-corrected chi connectivity index (χ0v) is 8.85. The largest absolute Gasteiger partial charge is 0.438 e. The summed E-state index contributed by atoms with van der Waals surface area (Å²) in [4.78, 5) is 27.4. The van der Waals surface area contributed by atoms with Gasteiger partial charge in [-0.25, -0.2) is 9.59 Å². The molecule has 96 valence electrons. The van der Waals surface area contributed by atoms with Crippen LogP contribution < -0.4 is 0 Å². The standard InChI is InChI=1S/C9H13NO7/c11-4-2-1-3-10-7(4)16-8(14)5(12)6(13)9(15)17-10/h4-7,11-13H,1-3H2/t4-,5?,6?,7?/m0/s1. The van der Waals surface area contributed by atoms with E-state index in [0.29, 0.717) is 12.8 Å². The summed E-state index contributed by atoms with van der Waals surface area (Å²) in [5, 5.41) is 29.2. The molecule has 17 heavy (non-hydrogen) atoms. The van der Waals surface area contributed by atoms with E-state index < -0.39 is 36.5 Å². The Morgan fingerprint density at radius 1 is 1.12 bits per heavy atom. The van der Waals surface area contributed by atoms with Gasteiger partial charge < -0.3 is 24.9 Å². The van der Waals surface area contributed by atoms with Crippen molar-refractivity contribution in [2.24, 2.45) is 0 Å². The van der Waals surface area contributed by atoms with Crippen LogP contribution >= 0.6 is 0 Å². The topological polar surface area (TPSA) is 117 Å². The number of rotatable bonds is 0. The molecule has 8 nitrogen and oxygen atoms in total. The average Bonchev–Trinajstić information content (AvgIpc) is 2.30. The molecular weight excluding hydrogens is 234 g/mol. The number of nitrogens with zero attached hydrogens (tertiary/aromatic N) is 1. The molecule has 0 aromatic rings. The smallest absolute Gasteiger partial charge is 0.357 e. The van der Waals surface area contributed by atoms with E-state index in [1.165, 1.54) is 0 Å². The second-order valence-corrected chi connectivity index (χ2v) is 3.98. The van der Waals surface area contributed by atoms with Gasteiger partial charge in [0.05, 0.1) is 0 Å². The van der Waals surface area contributed by atoms with Gasteiger partial charge in [-0.2, -0.15) is 0 Å². The van der Waals surface area contributed by atoms with Crippen molar-refractivity contribution in [3.63, 3.8) is 0 Å². The van der Waals surface area contributed by atoms with E-state index in [4.69, 9.17) is 9.57 Å². The molecule has 2 aliphatic heterocycles. The van der Waals surface area contributed by atoms with Crippen LogP contribution in [0.1, 0.15) is 12.8 Å². The maximum absolute atomic E-state index is 11.3. The Morgan fingerprint density at radius 3 is 2.47 bits per heavy atom. The summed E-state index contributed by atoms with van der Waals surface area (Å²) in [6, 6.07) is 0. The fourth-order valence-electron chi connectivity index (χ4n) is 1.77. The third-order valence-corrected chi connectivity index (χ3v) is 2.72. The van der Waals surface area contributed by atoms with E-state index in [0.717, 1.165) is 5.06 Å². The van der Waals surface area contributed by atoms with Gasteiger partial charge in [0, 0.05) is 6.54 Å². The molecule has 2 saturated heterocycles. The van der Waals surface area contributed by atoms with Gasteiger partial charge in [-0.1, -0.05) is 5.06 Å². The maximum Gasteiger partial charge on any atom is 0.357 e. The SMILES string of the molecule is O=C1OC2[C@@H](O)CCCN2OC(=O)C(O)C1O. The second kappa shape index (κ2) is 4.57. The molecule has 0 amide bonds. The summed E-state index contributed by atoms with van der Waals surface area (Å²) in [6.45, 7) is 0.281. The Labute approximate surface area is 96.3 Å². The molecule has 0 spiro atoms. The van der Waals surface area contributed by atoms with Crippen LogP contribution in [0.5, 0.6) is 0 Å². The van der Waals surface area contributed by atoms with Gasteiger partial charge in [-0.05, 0) is 12.8 Å². The number of carbonyl (C=O) groups excluding carboxylic acids is 2. The van der Waals surface area contributed by atoms with Crippen LogP contribution in [-0.4, -0.2) is 63.4 Å². The first-order valence-corrected chi connectivity index (χ1v) is 5.24. The van der Waals surface area contributed by atoms with Crippen LogP contribution in [0.2, 0.25) is 0 Å². The number of hydrogen-bond acceptors (Lipinski definition) is 8. The zero-order valence-electron chi connectivity index (χ0n) is 8.85. The van der Waals surface area contributed by atoms with E-state index in [9.17, 15) is 24.9 Å². The van der Waals surface area contributed by atoms with Crippen LogP contribution in [0.3, 0.4) is 0 Å². The molecule has 0 aliphatic carbocycles. The van der Waals surface area contributed by atoms with Crippen molar-refractivity contribution in [3.8, 4) is 0 Å². The van der Waals surface area contributed by atoms with Crippen LogP contribution in [0.4, 0.5) is 0 Å². The fourth-order valence-corrected chi connectivity index (χ4v) is 1.77. The van der Waals surface area contributed by atoms with Crippen molar-refractivity contribution in [3.05, 3.63) is 0 Å². The predicted octanol–water partition coefficient (Wildman–Crippen LogP) is -2.49. The first kappa shape index (κ1) is 12.2. The van der Waals surface area contributed by atoms with E-state index in [2.05, 4.69) is 0 Å². The molecule has 0 radical (unpaired) electrons. The predicted molar refractivity (Wildman–Crippen MR) is 49.9 cm³/mol. The lowest BCUT2D eigenvalue weighted by Gasteiger charge is -2.38. The Kier molecular flexibility index (Phi) is 3.29. The van der Waals surface area contributed by atoms with Gasteiger partial charge in [0.25, 0.3) is 0 Å². The van der Waals surface area contributed by atoms with E-state index >= 15 is 0 Å². The molecule has 0 saturated carbocycles. The monoisotopic (exact) mass is 247 g/mol. The van der Waals surface area contributed by atoms with Crippen molar-refractivity contribution in [2.75, 3.05) is 6.54 Å². The van der Waals surface area contributed by atoms with Crippen molar-refractivity contribution in [1.29, 1.82) is 0 Å². The molecule has 0 bridgehead atoms. The zero-order chi connectivity index (χ0) is 12.6. The lowest BCUT2D eigenvalue weighted by atomic mass is 10.1. The summed E-state index contributed by atoms with van der Waals surface area (Å²) in [5.74, 6) is -2.31. The van der Waals surface area contributed by atoms with Gasteiger partial charge >= 0.3 is 11.9 Å². The number of aliphatic hydroxyl groups is 3. The summed E-state index contributed by atoms with van der Waals surface area (Å²) in [6.07, 6.45) is -5.17. The summed E-state index contributed by atoms with van der Waals surface area (Å²) in [5.41, 5.74) is 0. The molecule has 2 aliphatic rings. The quantitative estimate of drug-likeness (QED) is 0.402. The van der Waals surface area contributed by atoms with Crippen LogP contribution in [-0.2, 0) is 19.2 Å². The number of fused-ring (bicyclic) bond motifs is 1. The molecule has 0 aromatic carbocycles. The van der Waals surface area contributed by atoms with E-state index in [1.54, 1.807) is 0 Å². The lowest BCUT2D eigenvalue weighted by molar-refractivity contribution is -0.287. The number of piperidine rings is 1. The van der Waals surface area contributed by atoms with E-state index in [1.807, 2.05) is 0 Å². The number of hydroxylamine groups is 2. The molecule has 2 fully saturated rings. The minimum absolute atomic E-state index is 0.281. The molecule has 3 N–H and O–H groups in total. The maximum atomic E-state index is 11.3. The minimum Gasteiger partial charge on any atom is -0.438 e. The highest BCUT2D eigenvalue weighted by Crippen LogP contribution is 2.22. The minimum atomic E-state index is -2.00. The summed E-state index contributed by atoms with van der Waals surface area (Å²) >= 11 is 0. The fraction of sp³-hybridized carbons (Fsp3) is 0.778. The summed E-state index contributed by atoms with van der Waals surface area (Å²) in [7, 11) is 0. The Morgan fingerprint density at radius 2 is 1.76 bits per heavy atom. The highest BCUT2D eigenvalue weighted by molar-refractivity contribution is 5.85. The van der Waals surface area contributed by atoms with Crippen LogP contribution in [0.25, 0.3) is 0 Å². The molecule has 2 heterocycles. The average molecular weight is 247 g/mol.